The zero-order chi connectivity index (χ0) is 16.8. The molecule has 7 nitrogen and oxygen atoms in total. The Balaban J connectivity index is 3.21. The molecule has 130 valence electrons. The fraction of sp³-hybridized carbons (Fsp3) is 0.867. The van der Waals surface area contributed by atoms with Gasteiger partial charge in [-0.3, -0.25) is 0 Å². The van der Waals surface area contributed by atoms with Crippen molar-refractivity contribution in [3.8, 4) is 0 Å². The minimum absolute atomic E-state index is 0.284. The summed E-state index contributed by atoms with van der Waals surface area (Å²) in [4.78, 5) is 21.5. The third-order valence-corrected chi connectivity index (χ3v) is 2.48. The molecule has 1 amide bonds. The van der Waals surface area contributed by atoms with Gasteiger partial charge in [0.2, 0.25) is 0 Å². The van der Waals surface area contributed by atoms with Gasteiger partial charge in [-0.15, -0.1) is 0 Å². The molecule has 0 aromatic rings. The Morgan fingerprint density at radius 2 is 1.59 bits per heavy atom. The maximum atomic E-state index is 11.4. The van der Waals surface area contributed by atoms with Crippen molar-refractivity contribution in [3.05, 3.63) is 0 Å². The predicted molar refractivity (Wildman–Crippen MR) is 82.0 cm³/mol. The molecule has 0 aliphatic carbocycles. The van der Waals surface area contributed by atoms with Crippen molar-refractivity contribution in [2.75, 3.05) is 33.0 Å². The topological polar surface area (TPSA) is 94.1 Å². The van der Waals surface area contributed by atoms with Gasteiger partial charge in [0.15, 0.2) is 0 Å². The lowest BCUT2D eigenvalue weighted by atomic mass is 10.2. The zero-order valence-electron chi connectivity index (χ0n) is 13.9. The van der Waals surface area contributed by atoms with Gasteiger partial charge in [-0.25, -0.2) is 9.59 Å². The summed E-state index contributed by atoms with van der Waals surface area (Å²) in [6.45, 7) is 7.17. The van der Waals surface area contributed by atoms with Gasteiger partial charge in [0.1, 0.15) is 12.2 Å². The van der Waals surface area contributed by atoms with Gasteiger partial charge in [0, 0.05) is 13.2 Å². The number of carboxylic acid groups (broad SMARTS) is 1. The largest absolute Gasteiger partial charge is 0.480 e. The lowest BCUT2D eigenvalue weighted by molar-refractivity contribution is -0.142. The number of amides is 1. The monoisotopic (exact) mass is 319 g/mol. The minimum Gasteiger partial charge on any atom is -0.480 e. The molecular weight excluding hydrogens is 290 g/mol. The molecule has 0 aliphatic heterocycles. The Kier molecular flexibility index (Phi) is 11.5. The summed E-state index contributed by atoms with van der Waals surface area (Å²) in [5.74, 6) is -0.972. The number of ether oxygens (including phenoxy) is 3. The second-order valence-electron chi connectivity index (χ2n) is 5.90. The summed E-state index contributed by atoms with van der Waals surface area (Å²) in [6.07, 6.45) is 3.49. The number of carbonyl (C=O) groups excluding carboxylic acids is 1. The number of alkyl carbamates (subject to hydrolysis) is 1. The molecular formula is C15H29NO6. The highest BCUT2D eigenvalue weighted by atomic mass is 16.6. The summed E-state index contributed by atoms with van der Waals surface area (Å²) in [5, 5.41) is 11.1. The number of carboxylic acids is 1. The van der Waals surface area contributed by atoms with Crippen LogP contribution in [-0.4, -0.2) is 55.7 Å². The third-order valence-electron chi connectivity index (χ3n) is 2.48. The van der Waals surface area contributed by atoms with Crippen molar-refractivity contribution in [1.29, 1.82) is 0 Å². The SMILES string of the molecule is CC(C)(C)OC(=O)NCCCCCCOCCOCC(=O)O. The van der Waals surface area contributed by atoms with Crippen molar-refractivity contribution in [2.45, 2.75) is 52.1 Å². The molecule has 0 aliphatic rings. The van der Waals surface area contributed by atoms with E-state index in [9.17, 15) is 9.59 Å². The lowest BCUT2D eigenvalue weighted by Gasteiger charge is -2.19. The molecule has 0 saturated carbocycles. The van der Waals surface area contributed by atoms with Gasteiger partial charge in [0.05, 0.1) is 13.2 Å². The summed E-state index contributed by atoms with van der Waals surface area (Å²) >= 11 is 0. The molecule has 0 radical (unpaired) electrons. The maximum absolute atomic E-state index is 11.4. The van der Waals surface area contributed by atoms with Crippen LogP contribution in [0.5, 0.6) is 0 Å². The highest BCUT2D eigenvalue weighted by Crippen LogP contribution is 2.06. The smallest absolute Gasteiger partial charge is 0.407 e. The molecule has 0 atom stereocenters. The molecule has 2 N–H and O–H groups in total. The minimum atomic E-state index is -0.972. The standard InChI is InChI=1S/C15H29NO6/c1-15(2,3)22-14(19)16-8-6-4-5-7-9-20-10-11-21-12-13(17)18/h4-12H2,1-3H3,(H,16,19)(H,17,18). The number of rotatable bonds is 12. The average molecular weight is 319 g/mol. The Morgan fingerprint density at radius 3 is 2.23 bits per heavy atom. The Labute approximate surface area is 132 Å². The van der Waals surface area contributed by atoms with Crippen LogP contribution in [0.2, 0.25) is 0 Å². The van der Waals surface area contributed by atoms with Crippen molar-refractivity contribution < 1.29 is 28.9 Å². The second kappa shape index (κ2) is 12.2. The number of hydrogen-bond donors (Lipinski definition) is 2. The van der Waals surface area contributed by atoms with Crippen molar-refractivity contribution in [2.24, 2.45) is 0 Å². The van der Waals surface area contributed by atoms with Gasteiger partial charge < -0.3 is 24.6 Å². The molecule has 0 bridgehead atoms. The molecule has 0 fully saturated rings. The Hall–Kier alpha value is -1.34. The van der Waals surface area contributed by atoms with E-state index in [2.05, 4.69) is 5.32 Å². The van der Waals surface area contributed by atoms with Crippen LogP contribution < -0.4 is 5.32 Å². The first kappa shape index (κ1) is 20.7. The first-order valence-electron chi connectivity index (χ1n) is 7.65. The fourth-order valence-corrected chi connectivity index (χ4v) is 1.57. The lowest BCUT2D eigenvalue weighted by Crippen LogP contribution is -2.32. The van der Waals surface area contributed by atoms with Crippen LogP contribution in [0.25, 0.3) is 0 Å². The van der Waals surface area contributed by atoms with Crippen molar-refractivity contribution >= 4 is 12.1 Å². The van der Waals surface area contributed by atoms with E-state index in [0.29, 0.717) is 26.4 Å². The normalized spacial score (nSPS) is 11.2. The van der Waals surface area contributed by atoms with Crippen LogP contribution in [0.3, 0.4) is 0 Å². The summed E-state index contributed by atoms with van der Waals surface area (Å²) in [7, 11) is 0. The maximum Gasteiger partial charge on any atom is 0.407 e. The van der Waals surface area contributed by atoms with E-state index in [4.69, 9.17) is 19.3 Å². The first-order valence-corrected chi connectivity index (χ1v) is 7.65. The van der Waals surface area contributed by atoms with E-state index in [1.54, 1.807) is 0 Å². The molecule has 0 heterocycles. The van der Waals surface area contributed by atoms with Gasteiger partial charge in [-0.05, 0) is 33.6 Å². The van der Waals surface area contributed by atoms with E-state index < -0.39 is 11.6 Å². The summed E-state index contributed by atoms with van der Waals surface area (Å²) in [6, 6.07) is 0. The van der Waals surface area contributed by atoms with Crippen molar-refractivity contribution in [3.63, 3.8) is 0 Å². The Morgan fingerprint density at radius 1 is 0.955 bits per heavy atom. The molecule has 0 rings (SSSR count). The molecule has 22 heavy (non-hydrogen) atoms. The third kappa shape index (κ3) is 16.7. The van der Waals surface area contributed by atoms with Gasteiger partial charge >= 0.3 is 12.1 Å². The molecule has 0 aromatic carbocycles. The molecule has 0 spiro atoms. The highest BCUT2D eigenvalue weighted by Gasteiger charge is 2.15. The van der Waals surface area contributed by atoms with Crippen LogP contribution in [0.4, 0.5) is 4.79 Å². The van der Waals surface area contributed by atoms with Gasteiger partial charge in [0.25, 0.3) is 0 Å². The van der Waals surface area contributed by atoms with Crippen LogP contribution in [0.1, 0.15) is 46.5 Å². The number of nitrogens with one attached hydrogen (secondary N) is 1. The van der Waals surface area contributed by atoms with E-state index in [1.807, 2.05) is 20.8 Å². The van der Waals surface area contributed by atoms with Crippen LogP contribution >= 0.6 is 0 Å². The summed E-state index contributed by atoms with van der Waals surface area (Å²) in [5.41, 5.74) is -0.463. The number of aliphatic carboxylic acids is 1. The summed E-state index contributed by atoms with van der Waals surface area (Å²) < 4.78 is 15.3. The van der Waals surface area contributed by atoms with E-state index in [1.165, 1.54) is 0 Å². The van der Waals surface area contributed by atoms with E-state index in [0.717, 1.165) is 25.7 Å². The molecule has 0 unspecified atom stereocenters. The number of carbonyl (C=O) groups is 2. The fourth-order valence-electron chi connectivity index (χ4n) is 1.57. The van der Waals surface area contributed by atoms with Crippen LogP contribution in [-0.2, 0) is 19.0 Å². The molecule has 0 aromatic heterocycles. The molecule has 7 heteroatoms. The number of hydrogen-bond acceptors (Lipinski definition) is 5. The predicted octanol–water partition coefficient (Wildman–Crippen LogP) is 2.19. The quantitative estimate of drug-likeness (QED) is 0.536. The first-order chi connectivity index (χ1) is 10.3. The van der Waals surface area contributed by atoms with E-state index in [-0.39, 0.29) is 12.7 Å². The molecule has 0 saturated heterocycles. The zero-order valence-corrected chi connectivity index (χ0v) is 13.9. The average Bonchev–Trinajstić information content (AvgIpc) is 2.37. The van der Waals surface area contributed by atoms with Crippen LogP contribution in [0, 0.1) is 0 Å². The van der Waals surface area contributed by atoms with Gasteiger partial charge in [-0.2, -0.15) is 0 Å². The Bertz CT molecular complexity index is 314. The van der Waals surface area contributed by atoms with Crippen molar-refractivity contribution in [1.82, 2.24) is 5.32 Å². The van der Waals surface area contributed by atoms with E-state index >= 15 is 0 Å². The van der Waals surface area contributed by atoms with Gasteiger partial charge in [-0.1, -0.05) is 12.8 Å². The highest BCUT2D eigenvalue weighted by molar-refractivity contribution is 5.68. The number of unbranched alkanes of at least 4 members (excludes halogenated alkanes) is 3. The van der Waals surface area contributed by atoms with Crippen LogP contribution in [0.15, 0.2) is 0 Å². The second-order valence-corrected chi connectivity index (χ2v) is 5.90.